The summed E-state index contributed by atoms with van der Waals surface area (Å²) in [6.07, 6.45) is 3.98. The van der Waals surface area contributed by atoms with Gasteiger partial charge in [-0.1, -0.05) is 6.42 Å². The van der Waals surface area contributed by atoms with Crippen LogP contribution in [-0.2, 0) is 9.53 Å². The lowest BCUT2D eigenvalue weighted by Crippen LogP contribution is -2.42. The average Bonchev–Trinajstić information content (AvgIpc) is 3.28. The Morgan fingerprint density at radius 3 is 3.09 bits per heavy atom. The molecule has 2 unspecified atom stereocenters. The number of hydrogen-bond acceptors (Lipinski definition) is 4. The van der Waals surface area contributed by atoms with Gasteiger partial charge in [0.15, 0.2) is 0 Å². The Kier molecular flexibility index (Phi) is 5.02. The number of nitrogens with one attached hydrogen (secondary N) is 1. The molecule has 6 heteroatoms. The van der Waals surface area contributed by atoms with Gasteiger partial charge in [-0.3, -0.25) is 9.59 Å². The molecule has 1 saturated carbocycles. The minimum atomic E-state index is -0.0250. The number of thiophene rings is 1. The summed E-state index contributed by atoms with van der Waals surface area (Å²) in [5.41, 5.74) is 0.745. The van der Waals surface area contributed by atoms with E-state index >= 15 is 0 Å². The van der Waals surface area contributed by atoms with Crippen LogP contribution in [-0.4, -0.2) is 50.1 Å². The van der Waals surface area contributed by atoms with E-state index in [0.717, 1.165) is 37.8 Å². The Bertz CT molecular complexity index is 560. The first-order valence-corrected chi connectivity index (χ1v) is 9.19. The van der Waals surface area contributed by atoms with E-state index in [1.807, 2.05) is 21.7 Å². The fraction of sp³-hybridized carbons (Fsp3) is 0.647. The van der Waals surface area contributed by atoms with E-state index in [0.29, 0.717) is 19.7 Å². The first kappa shape index (κ1) is 16.5. The Hall–Kier alpha value is -1.40. The third-order valence-corrected chi connectivity index (χ3v) is 5.95. The number of hydrogen-bond donors (Lipinski definition) is 1. The van der Waals surface area contributed by atoms with Gasteiger partial charge in [-0.05, 0) is 30.7 Å². The highest BCUT2D eigenvalue weighted by molar-refractivity contribution is 7.08. The quantitative estimate of drug-likeness (QED) is 0.838. The Morgan fingerprint density at radius 1 is 1.48 bits per heavy atom. The van der Waals surface area contributed by atoms with Gasteiger partial charge in [-0.25, -0.2) is 0 Å². The third-order valence-electron chi connectivity index (χ3n) is 5.27. The summed E-state index contributed by atoms with van der Waals surface area (Å²) in [5, 5.41) is 6.81. The van der Waals surface area contributed by atoms with Gasteiger partial charge in [-0.2, -0.15) is 11.3 Å². The molecule has 1 N–H and O–H groups in total. The molecule has 0 bridgehead atoms. The average molecular weight is 336 g/mol. The zero-order chi connectivity index (χ0) is 16.3. The van der Waals surface area contributed by atoms with E-state index in [-0.39, 0.29) is 23.1 Å². The van der Waals surface area contributed by atoms with Crippen molar-refractivity contribution in [2.45, 2.75) is 25.7 Å². The smallest absolute Gasteiger partial charge is 0.254 e. The second-order valence-electron chi connectivity index (χ2n) is 6.58. The fourth-order valence-corrected chi connectivity index (χ4v) is 4.70. The van der Waals surface area contributed by atoms with Crippen LogP contribution in [0.3, 0.4) is 0 Å². The highest BCUT2D eigenvalue weighted by atomic mass is 32.1. The van der Waals surface area contributed by atoms with E-state index in [1.54, 1.807) is 18.4 Å². The summed E-state index contributed by atoms with van der Waals surface area (Å²) >= 11 is 1.54. The van der Waals surface area contributed by atoms with Crippen molar-refractivity contribution in [1.82, 2.24) is 10.2 Å². The van der Waals surface area contributed by atoms with Crippen LogP contribution >= 0.6 is 11.3 Å². The molecule has 23 heavy (non-hydrogen) atoms. The molecular weight excluding hydrogens is 312 g/mol. The maximum atomic E-state index is 12.6. The molecule has 2 fully saturated rings. The molecule has 1 aliphatic carbocycles. The normalized spacial score (nSPS) is 26.8. The maximum absolute atomic E-state index is 12.6. The van der Waals surface area contributed by atoms with Crippen LogP contribution in [0.5, 0.6) is 0 Å². The third kappa shape index (κ3) is 3.28. The summed E-state index contributed by atoms with van der Waals surface area (Å²) in [7, 11) is 1.63. The van der Waals surface area contributed by atoms with Crippen molar-refractivity contribution < 1.29 is 14.3 Å². The molecule has 1 aliphatic heterocycles. The van der Waals surface area contributed by atoms with Gasteiger partial charge in [0, 0.05) is 43.5 Å². The summed E-state index contributed by atoms with van der Waals surface area (Å²) < 4.78 is 5.00. The van der Waals surface area contributed by atoms with Crippen molar-refractivity contribution in [3.63, 3.8) is 0 Å². The minimum absolute atomic E-state index is 0.0250. The van der Waals surface area contributed by atoms with Gasteiger partial charge in [0.25, 0.3) is 5.91 Å². The van der Waals surface area contributed by atoms with Crippen molar-refractivity contribution in [1.29, 1.82) is 0 Å². The second-order valence-corrected chi connectivity index (χ2v) is 7.36. The molecule has 0 radical (unpaired) electrons. The highest BCUT2D eigenvalue weighted by Gasteiger charge is 2.51. The first-order valence-electron chi connectivity index (χ1n) is 8.24. The molecule has 2 aliphatic rings. The van der Waals surface area contributed by atoms with Crippen LogP contribution in [0.4, 0.5) is 0 Å². The monoisotopic (exact) mass is 336 g/mol. The number of likely N-dealkylation sites (tertiary alicyclic amines) is 1. The lowest BCUT2D eigenvalue weighted by Gasteiger charge is -2.30. The van der Waals surface area contributed by atoms with E-state index in [9.17, 15) is 9.59 Å². The molecule has 3 rings (SSSR count). The summed E-state index contributed by atoms with van der Waals surface area (Å²) in [6, 6.07) is 1.88. The largest absolute Gasteiger partial charge is 0.383 e. The molecular formula is C17H24N2O3S. The molecule has 1 aromatic heterocycles. The van der Waals surface area contributed by atoms with Gasteiger partial charge in [-0.15, -0.1) is 0 Å². The first-order chi connectivity index (χ1) is 11.2. The van der Waals surface area contributed by atoms with Crippen LogP contribution in [0.15, 0.2) is 16.8 Å². The molecule has 0 aromatic carbocycles. The lowest BCUT2D eigenvalue weighted by molar-refractivity contribution is -0.128. The maximum Gasteiger partial charge on any atom is 0.254 e. The second kappa shape index (κ2) is 7.01. The van der Waals surface area contributed by atoms with Crippen LogP contribution in [0.25, 0.3) is 0 Å². The topological polar surface area (TPSA) is 58.6 Å². The molecule has 2 atom stereocenters. The van der Waals surface area contributed by atoms with Crippen LogP contribution < -0.4 is 5.32 Å². The van der Waals surface area contributed by atoms with Crippen molar-refractivity contribution in [2.24, 2.45) is 11.3 Å². The van der Waals surface area contributed by atoms with Gasteiger partial charge in [0.1, 0.15) is 0 Å². The van der Waals surface area contributed by atoms with Crippen molar-refractivity contribution in [3.8, 4) is 0 Å². The zero-order valence-electron chi connectivity index (χ0n) is 13.5. The van der Waals surface area contributed by atoms with Gasteiger partial charge >= 0.3 is 0 Å². The number of ether oxygens (including phenoxy) is 1. The van der Waals surface area contributed by atoms with Crippen LogP contribution in [0, 0.1) is 11.3 Å². The van der Waals surface area contributed by atoms with Gasteiger partial charge in [0.05, 0.1) is 12.2 Å². The molecule has 5 nitrogen and oxygen atoms in total. The number of carbonyl (C=O) groups excluding carboxylic acids is 2. The van der Waals surface area contributed by atoms with Crippen molar-refractivity contribution >= 4 is 23.2 Å². The van der Waals surface area contributed by atoms with Crippen molar-refractivity contribution in [3.05, 3.63) is 22.4 Å². The predicted molar refractivity (Wildman–Crippen MR) is 89.5 cm³/mol. The molecule has 1 spiro atoms. The number of carbonyl (C=O) groups is 2. The fourth-order valence-electron chi connectivity index (χ4n) is 4.07. The number of nitrogens with zero attached hydrogens (tertiary/aromatic N) is 1. The van der Waals surface area contributed by atoms with Crippen LogP contribution in [0.2, 0.25) is 0 Å². The summed E-state index contributed by atoms with van der Waals surface area (Å²) in [5.74, 6) is 0.262. The number of rotatable bonds is 5. The van der Waals surface area contributed by atoms with E-state index < -0.39 is 0 Å². The molecule has 2 heterocycles. The lowest BCUT2D eigenvalue weighted by atomic mass is 9.76. The van der Waals surface area contributed by atoms with E-state index in [4.69, 9.17) is 4.74 Å². The SMILES string of the molecule is COCCNC(=O)C1CCCC12CCN(C(=O)c1ccsc1)C2. The van der Waals surface area contributed by atoms with Gasteiger partial charge < -0.3 is 15.0 Å². The zero-order valence-corrected chi connectivity index (χ0v) is 14.4. The number of amides is 2. The molecule has 2 amide bonds. The summed E-state index contributed by atoms with van der Waals surface area (Å²) in [6.45, 7) is 2.56. The van der Waals surface area contributed by atoms with Gasteiger partial charge in [0.2, 0.25) is 5.91 Å². The molecule has 1 saturated heterocycles. The molecule has 126 valence electrons. The Morgan fingerprint density at radius 2 is 2.35 bits per heavy atom. The predicted octanol–water partition coefficient (Wildman–Crippen LogP) is 2.14. The summed E-state index contributed by atoms with van der Waals surface area (Å²) in [4.78, 5) is 27.0. The van der Waals surface area contributed by atoms with Crippen molar-refractivity contribution in [2.75, 3.05) is 33.4 Å². The Balaban J connectivity index is 1.65. The minimum Gasteiger partial charge on any atom is -0.383 e. The number of methoxy groups -OCH3 is 1. The van der Waals surface area contributed by atoms with Crippen LogP contribution in [0.1, 0.15) is 36.0 Å². The molecule has 1 aromatic rings. The van der Waals surface area contributed by atoms with E-state index in [2.05, 4.69) is 5.32 Å². The van der Waals surface area contributed by atoms with E-state index in [1.165, 1.54) is 0 Å². The standard InChI is InChI=1S/C17H24N2O3S/c1-22-9-7-18-15(20)14-3-2-5-17(14)6-8-19(12-17)16(21)13-4-10-23-11-13/h4,10-11,14H,2-3,5-9,12H2,1H3,(H,18,20). The highest BCUT2D eigenvalue weighted by Crippen LogP contribution is 2.50. The Labute approximate surface area is 141 Å².